The molecule has 0 N–H and O–H groups in total. The van der Waals surface area contributed by atoms with Crippen LogP contribution in [-0.4, -0.2) is 46.2 Å². The number of aryl methyl sites for hydroxylation is 2. The lowest BCUT2D eigenvalue weighted by atomic mass is 10.1. The first-order valence-corrected chi connectivity index (χ1v) is 10.1. The Morgan fingerprint density at radius 1 is 1.11 bits per heavy atom. The minimum absolute atomic E-state index is 0.226. The van der Waals surface area contributed by atoms with Gasteiger partial charge in [-0.3, -0.25) is 4.90 Å². The van der Waals surface area contributed by atoms with Gasteiger partial charge in [0.05, 0.1) is 22.5 Å². The summed E-state index contributed by atoms with van der Waals surface area (Å²) in [5.41, 5.74) is 2.86. The number of hydrogen-bond donors (Lipinski definition) is 0. The number of piperidine rings is 1. The second-order valence-electron chi connectivity index (χ2n) is 6.94. The second-order valence-corrected chi connectivity index (χ2v) is 8.17. The summed E-state index contributed by atoms with van der Waals surface area (Å²) in [4.78, 5) is 16.0. The molecule has 0 bridgehead atoms. The Morgan fingerprint density at radius 2 is 1.93 bits per heavy atom. The summed E-state index contributed by atoms with van der Waals surface area (Å²) in [6.45, 7) is 6.84. The first-order chi connectivity index (χ1) is 13.1. The van der Waals surface area contributed by atoms with Crippen molar-refractivity contribution in [2.45, 2.75) is 39.3 Å². The van der Waals surface area contributed by atoms with Gasteiger partial charge in [-0.05, 0) is 38.8 Å². The molecule has 0 aromatic carbocycles. The minimum Gasteiger partial charge on any atom is -0.490 e. The fraction of sp³-hybridized carbons (Fsp3) is 0.450. The quantitative estimate of drug-likeness (QED) is 0.668. The van der Waals surface area contributed by atoms with E-state index in [9.17, 15) is 0 Å². The molecule has 142 valence electrons. The highest BCUT2D eigenvalue weighted by Crippen LogP contribution is 2.24. The molecule has 1 aliphatic heterocycles. The molecule has 4 rings (SSSR count). The van der Waals surface area contributed by atoms with E-state index in [0.29, 0.717) is 5.88 Å². The zero-order valence-electron chi connectivity index (χ0n) is 15.9. The number of thiazole rings is 1. The number of nitrogens with zero attached hydrogens (tertiary/aromatic N) is 4. The molecule has 1 saturated heterocycles. The highest BCUT2D eigenvalue weighted by atomic mass is 32.1. The maximum atomic E-state index is 6.17. The average molecular weight is 385 g/mol. The highest BCUT2D eigenvalue weighted by Gasteiger charge is 2.21. The smallest absolute Gasteiger partial charge is 0.216 e. The zero-order chi connectivity index (χ0) is 18.8. The molecule has 3 aromatic heterocycles. The molecular formula is C20H24N4O2S. The molecule has 0 aliphatic carbocycles. The lowest BCUT2D eigenvalue weighted by Gasteiger charge is -2.32. The van der Waals surface area contributed by atoms with E-state index >= 15 is 0 Å². The van der Waals surface area contributed by atoms with Crippen molar-refractivity contribution in [2.75, 3.05) is 20.2 Å². The summed E-state index contributed by atoms with van der Waals surface area (Å²) in [5, 5.41) is 1.07. The van der Waals surface area contributed by atoms with Crippen LogP contribution >= 0.6 is 11.3 Å². The van der Waals surface area contributed by atoms with E-state index in [4.69, 9.17) is 14.5 Å². The summed E-state index contributed by atoms with van der Waals surface area (Å²) in [7, 11) is 1.63. The number of aromatic nitrogens is 3. The van der Waals surface area contributed by atoms with Crippen LogP contribution in [0.3, 0.4) is 0 Å². The van der Waals surface area contributed by atoms with Gasteiger partial charge in [-0.15, -0.1) is 11.3 Å². The predicted molar refractivity (Wildman–Crippen MR) is 107 cm³/mol. The van der Waals surface area contributed by atoms with Crippen molar-refractivity contribution in [3.8, 4) is 11.6 Å². The maximum absolute atomic E-state index is 6.17. The molecule has 0 atom stereocenters. The number of hydrogen-bond acceptors (Lipinski definition) is 7. The summed E-state index contributed by atoms with van der Waals surface area (Å²) < 4.78 is 12.6. The predicted octanol–water partition coefficient (Wildman–Crippen LogP) is 3.76. The third kappa shape index (κ3) is 4.36. The Morgan fingerprint density at radius 3 is 2.70 bits per heavy atom. The van der Waals surface area contributed by atoms with Crippen LogP contribution < -0.4 is 9.47 Å². The van der Waals surface area contributed by atoms with Crippen LogP contribution in [0.25, 0.3) is 10.3 Å². The minimum atomic E-state index is 0.226. The van der Waals surface area contributed by atoms with E-state index in [0.717, 1.165) is 65.0 Å². The van der Waals surface area contributed by atoms with Gasteiger partial charge < -0.3 is 9.47 Å². The van der Waals surface area contributed by atoms with E-state index in [1.165, 1.54) is 0 Å². The lowest BCUT2D eigenvalue weighted by Crippen LogP contribution is -2.38. The van der Waals surface area contributed by atoms with E-state index in [1.807, 2.05) is 26.0 Å². The highest BCUT2D eigenvalue weighted by molar-refractivity contribution is 7.18. The van der Waals surface area contributed by atoms with Gasteiger partial charge in [0, 0.05) is 37.5 Å². The number of fused-ring (bicyclic) bond motifs is 1. The third-order valence-electron chi connectivity index (χ3n) is 4.75. The van der Waals surface area contributed by atoms with Gasteiger partial charge in [0.15, 0.2) is 5.65 Å². The molecule has 1 fully saturated rings. The molecule has 27 heavy (non-hydrogen) atoms. The Hall–Kier alpha value is -2.25. The fourth-order valence-electron chi connectivity index (χ4n) is 3.44. The first-order valence-electron chi connectivity index (χ1n) is 9.24. The van der Waals surface area contributed by atoms with Crippen LogP contribution in [0.4, 0.5) is 0 Å². The van der Waals surface area contributed by atoms with Crippen molar-refractivity contribution >= 4 is 21.7 Å². The maximum Gasteiger partial charge on any atom is 0.216 e. The molecule has 4 heterocycles. The van der Waals surface area contributed by atoms with Gasteiger partial charge in [-0.25, -0.2) is 15.0 Å². The molecule has 6 nitrogen and oxygen atoms in total. The average Bonchev–Trinajstić information content (AvgIpc) is 3.02. The van der Waals surface area contributed by atoms with E-state index in [-0.39, 0.29) is 6.10 Å². The second kappa shape index (κ2) is 7.78. The summed E-state index contributed by atoms with van der Waals surface area (Å²) in [6.07, 6.45) is 2.23. The standard InChI is InChI=1S/C20H24N4O2S/c1-13-10-17(11-19(21-13)25-3)26-16-6-8-24(9-7-16)12-15-4-5-18-20(23-15)22-14(2)27-18/h4-5,10-11,16H,6-9,12H2,1-3H3. The monoisotopic (exact) mass is 384 g/mol. The van der Waals surface area contributed by atoms with Crippen LogP contribution in [0.1, 0.15) is 29.2 Å². The summed E-state index contributed by atoms with van der Waals surface area (Å²) in [5.74, 6) is 1.44. The fourth-order valence-corrected chi connectivity index (χ4v) is 4.21. The van der Waals surface area contributed by atoms with E-state index in [1.54, 1.807) is 18.4 Å². The summed E-state index contributed by atoms with van der Waals surface area (Å²) in [6, 6.07) is 8.07. The number of pyridine rings is 2. The van der Waals surface area contributed by atoms with Gasteiger partial charge in [-0.2, -0.15) is 0 Å². The molecule has 0 unspecified atom stereocenters. The van der Waals surface area contributed by atoms with Gasteiger partial charge in [0.1, 0.15) is 11.9 Å². The third-order valence-corrected chi connectivity index (χ3v) is 5.68. The van der Waals surface area contributed by atoms with Crippen LogP contribution in [-0.2, 0) is 6.54 Å². The Kier molecular flexibility index (Phi) is 5.22. The number of likely N-dealkylation sites (tertiary alicyclic amines) is 1. The SMILES string of the molecule is COc1cc(OC2CCN(Cc3ccc4sc(C)nc4n3)CC2)cc(C)n1. The van der Waals surface area contributed by atoms with E-state index < -0.39 is 0 Å². The number of methoxy groups -OCH3 is 1. The molecule has 0 spiro atoms. The van der Waals surface area contributed by atoms with Crippen LogP contribution in [0.5, 0.6) is 11.6 Å². The number of rotatable bonds is 5. The normalized spacial score (nSPS) is 16.0. The number of ether oxygens (including phenoxy) is 2. The van der Waals surface area contributed by atoms with Gasteiger partial charge in [0.25, 0.3) is 0 Å². The van der Waals surface area contributed by atoms with Crippen LogP contribution in [0, 0.1) is 13.8 Å². The molecule has 0 radical (unpaired) electrons. The van der Waals surface area contributed by atoms with Gasteiger partial charge >= 0.3 is 0 Å². The van der Waals surface area contributed by atoms with Crippen molar-refractivity contribution in [3.63, 3.8) is 0 Å². The van der Waals surface area contributed by atoms with Crippen LogP contribution in [0.15, 0.2) is 24.3 Å². The van der Waals surface area contributed by atoms with Gasteiger partial charge in [-0.1, -0.05) is 0 Å². The van der Waals surface area contributed by atoms with Gasteiger partial charge in [0.2, 0.25) is 5.88 Å². The van der Waals surface area contributed by atoms with Crippen molar-refractivity contribution in [1.29, 1.82) is 0 Å². The molecule has 0 saturated carbocycles. The molecule has 7 heteroatoms. The molecular weight excluding hydrogens is 360 g/mol. The van der Waals surface area contributed by atoms with Crippen molar-refractivity contribution in [3.05, 3.63) is 40.7 Å². The molecule has 0 amide bonds. The summed E-state index contributed by atoms with van der Waals surface area (Å²) >= 11 is 1.69. The molecule has 3 aromatic rings. The van der Waals surface area contributed by atoms with Crippen LogP contribution in [0.2, 0.25) is 0 Å². The topological polar surface area (TPSA) is 60.4 Å². The Labute approximate surface area is 163 Å². The first kappa shape index (κ1) is 18.1. The largest absolute Gasteiger partial charge is 0.490 e. The zero-order valence-corrected chi connectivity index (χ0v) is 16.8. The molecule has 1 aliphatic rings. The van der Waals surface area contributed by atoms with E-state index in [2.05, 4.69) is 27.0 Å². The van der Waals surface area contributed by atoms with Crippen molar-refractivity contribution in [2.24, 2.45) is 0 Å². The Balaban J connectivity index is 1.33. The Bertz CT molecular complexity index is 935. The van der Waals surface area contributed by atoms with Crippen molar-refractivity contribution < 1.29 is 9.47 Å². The lowest BCUT2D eigenvalue weighted by molar-refractivity contribution is 0.0958. The van der Waals surface area contributed by atoms with Crippen molar-refractivity contribution in [1.82, 2.24) is 19.9 Å².